The molecule has 2 rings (SSSR count). The lowest BCUT2D eigenvalue weighted by molar-refractivity contribution is 0.100. The van der Waals surface area contributed by atoms with Gasteiger partial charge in [-0.2, -0.15) is 0 Å². The minimum Gasteiger partial charge on any atom is -0.368 e. The summed E-state index contributed by atoms with van der Waals surface area (Å²) in [7, 11) is 2.07. The Kier molecular flexibility index (Phi) is 3.62. The third kappa shape index (κ3) is 2.51. The van der Waals surface area contributed by atoms with Gasteiger partial charge in [0.05, 0.1) is 5.56 Å². The van der Waals surface area contributed by atoms with Crippen LogP contribution in [0.2, 0.25) is 0 Å². The van der Waals surface area contributed by atoms with Gasteiger partial charge in [0.15, 0.2) is 0 Å². The Labute approximate surface area is 106 Å². The number of carbonyl (C=O) groups excluding carboxylic acids is 2. The maximum atomic E-state index is 11.5. The molecule has 1 heterocycles. The smallest absolute Gasteiger partial charge is 0.250 e. The van der Waals surface area contributed by atoms with Crippen molar-refractivity contribution in [2.45, 2.75) is 0 Å². The van der Waals surface area contributed by atoms with Crippen molar-refractivity contribution in [3.63, 3.8) is 0 Å². The number of carbonyl (C=O) groups is 2. The summed E-state index contributed by atoms with van der Waals surface area (Å²) in [6.45, 7) is 3.62. The molecule has 0 aromatic heterocycles. The van der Waals surface area contributed by atoms with Crippen LogP contribution in [0.1, 0.15) is 20.7 Å². The lowest BCUT2D eigenvalue weighted by Gasteiger charge is -2.34. The number of nitrogens with two attached hydrogens (primary N) is 1. The number of nitrogens with zero attached hydrogens (tertiary/aromatic N) is 2. The second-order valence-electron chi connectivity index (χ2n) is 4.55. The minimum atomic E-state index is -0.493. The van der Waals surface area contributed by atoms with Gasteiger partial charge in [-0.05, 0) is 25.2 Å². The van der Waals surface area contributed by atoms with E-state index in [4.69, 9.17) is 5.73 Å². The molecular formula is C13H17N3O2. The van der Waals surface area contributed by atoms with Gasteiger partial charge in [-0.1, -0.05) is 0 Å². The van der Waals surface area contributed by atoms with E-state index in [9.17, 15) is 9.59 Å². The number of rotatable bonds is 3. The first-order valence-electron chi connectivity index (χ1n) is 5.94. The van der Waals surface area contributed by atoms with Crippen LogP contribution in [0.15, 0.2) is 18.2 Å². The van der Waals surface area contributed by atoms with Crippen molar-refractivity contribution in [3.8, 4) is 0 Å². The molecule has 0 spiro atoms. The molecule has 0 saturated carbocycles. The van der Waals surface area contributed by atoms with Gasteiger partial charge in [0.1, 0.15) is 6.29 Å². The Bertz CT molecular complexity index is 465. The molecule has 0 unspecified atom stereocenters. The van der Waals surface area contributed by atoms with E-state index >= 15 is 0 Å². The van der Waals surface area contributed by atoms with Gasteiger partial charge in [-0.3, -0.25) is 9.59 Å². The molecule has 0 atom stereocenters. The number of primary amides is 1. The van der Waals surface area contributed by atoms with E-state index in [1.165, 1.54) is 0 Å². The maximum absolute atomic E-state index is 11.5. The van der Waals surface area contributed by atoms with Crippen LogP contribution >= 0.6 is 0 Å². The number of hydrogen-bond donors (Lipinski definition) is 1. The molecule has 1 aromatic rings. The Hall–Kier alpha value is -1.88. The summed E-state index contributed by atoms with van der Waals surface area (Å²) in [5, 5.41) is 0. The van der Waals surface area contributed by atoms with Crippen molar-refractivity contribution in [2.75, 3.05) is 38.1 Å². The van der Waals surface area contributed by atoms with Gasteiger partial charge >= 0.3 is 0 Å². The van der Waals surface area contributed by atoms with E-state index in [0.717, 1.165) is 38.2 Å². The average molecular weight is 247 g/mol. The van der Waals surface area contributed by atoms with Gasteiger partial charge < -0.3 is 15.5 Å². The van der Waals surface area contributed by atoms with Crippen molar-refractivity contribution in [2.24, 2.45) is 5.73 Å². The number of amides is 1. The molecule has 96 valence electrons. The van der Waals surface area contributed by atoms with Crippen LogP contribution in [0.3, 0.4) is 0 Å². The van der Waals surface area contributed by atoms with Crippen LogP contribution in [0, 0.1) is 0 Å². The fraction of sp³-hybridized carbons (Fsp3) is 0.385. The van der Waals surface area contributed by atoms with Crippen molar-refractivity contribution in [3.05, 3.63) is 29.3 Å². The summed E-state index contributed by atoms with van der Waals surface area (Å²) < 4.78 is 0. The summed E-state index contributed by atoms with van der Waals surface area (Å²) in [5.74, 6) is -0.493. The molecule has 2 N–H and O–H groups in total. The number of benzene rings is 1. The fourth-order valence-electron chi connectivity index (χ4n) is 2.15. The first-order valence-corrected chi connectivity index (χ1v) is 5.94. The average Bonchev–Trinajstić information content (AvgIpc) is 2.39. The quantitative estimate of drug-likeness (QED) is 0.783. The summed E-state index contributed by atoms with van der Waals surface area (Å²) in [5.41, 5.74) is 7.10. The van der Waals surface area contributed by atoms with Gasteiger partial charge in [0, 0.05) is 37.4 Å². The van der Waals surface area contributed by atoms with Gasteiger partial charge in [0.2, 0.25) is 0 Å². The van der Waals surface area contributed by atoms with Crippen molar-refractivity contribution < 1.29 is 9.59 Å². The molecule has 1 aromatic carbocycles. The largest absolute Gasteiger partial charge is 0.368 e. The Morgan fingerprint density at radius 3 is 2.50 bits per heavy atom. The SMILES string of the molecule is CN1CCN(c2ccc(C=O)cc2C(N)=O)CC1. The number of anilines is 1. The van der Waals surface area contributed by atoms with Crippen LogP contribution in [0.4, 0.5) is 5.69 Å². The lowest BCUT2D eigenvalue weighted by atomic mass is 10.1. The molecular weight excluding hydrogens is 230 g/mol. The number of piperazine rings is 1. The normalized spacial score (nSPS) is 16.6. The molecule has 1 aliphatic heterocycles. The topological polar surface area (TPSA) is 66.6 Å². The summed E-state index contributed by atoms with van der Waals surface area (Å²) >= 11 is 0. The van der Waals surface area contributed by atoms with Crippen LogP contribution in [0.5, 0.6) is 0 Å². The van der Waals surface area contributed by atoms with E-state index in [1.54, 1.807) is 18.2 Å². The third-order valence-corrected chi connectivity index (χ3v) is 3.27. The molecule has 0 aliphatic carbocycles. The predicted molar refractivity (Wildman–Crippen MR) is 70.1 cm³/mol. The number of hydrogen-bond acceptors (Lipinski definition) is 4. The summed E-state index contributed by atoms with van der Waals surface area (Å²) in [4.78, 5) is 26.6. The first-order chi connectivity index (χ1) is 8.61. The second-order valence-corrected chi connectivity index (χ2v) is 4.55. The second kappa shape index (κ2) is 5.18. The Morgan fingerprint density at radius 1 is 1.28 bits per heavy atom. The van der Waals surface area contributed by atoms with Gasteiger partial charge in [-0.25, -0.2) is 0 Å². The van der Waals surface area contributed by atoms with E-state index in [1.807, 2.05) is 0 Å². The van der Waals surface area contributed by atoms with Crippen molar-refractivity contribution >= 4 is 17.9 Å². The van der Waals surface area contributed by atoms with E-state index in [2.05, 4.69) is 16.8 Å². The highest BCUT2D eigenvalue weighted by Crippen LogP contribution is 2.22. The molecule has 5 nitrogen and oxygen atoms in total. The van der Waals surface area contributed by atoms with Crippen LogP contribution in [-0.4, -0.2) is 50.3 Å². The lowest BCUT2D eigenvalue weighted by Crippen LogP contribution is -2.45. The van der Waals surface area contributed by atoms with E-state index < -0.39 is 5.91 Å². The van der Waals surface area contributed by atoms with Crippen LogP contribution in [0.25, 0.3) is 0 Å². The van der Waals surface area contributed by atoms with Crippen molar-refractivity contribution in [1.29, 1.82) is 0 Å². The molecule has 5 heteroatoms. The zero-order chi connectivity index (χ0) is 13.1. The Balaban J connectivity index is 2.31. The zero-order valence-electron chi connectivity index (χ0n) is 10.4. The highest BCUT2D eigenvalue weighted by Gasteiger charge is 2.19. The molecule has 18 heavy (non-hydrogen) atoms. The van der Waals surface area contributed by atoms with Crippen LogP contribution < -0.4 is 10.6 Å². The minimum absolute atomic E-state index is 0.421. The van der Waals surface area contributed by atoms with Crippen molar-refractivity contribution in [1.82, 2.24) is 4.90 Å². The Morgan fingerprint density at radius 2 is 1.94 bits per heavy atom. The molecule has 1 amide bonds. The van der Waals surface area contributed by atoms with E-state index in [-0.39, 0.29) is 0 Å². The maximum Gasteiger partial charge on any atom is 0.250 e. The molecule has 1 aliphatic rings. The number of likely N-dealkylation sites (N-methyl/N-ethyl adjacent to an activating group) is 1. The van der Waals surface area contributed by atoms with Crippen LogP contribution in [-0.2, 0) is 0 Å². The summed E-state index contributed by atoms with van der Waals surface area (Å²) in [6, 6.07) is 5.07. The standard InChI is InChI=1S/C13H17N3O2/c1-15-4-6-16(7-5-15)12-3-2-10(9-17)8-11(12)13(14)18/h2-3,8-9H,4-7H2,1H3,(H2,14,18). The zero-order valence-corrected chi connectivity index (χ0v) is 10.4. The fourth-order valence-corrected chi connectivity index (χ4v) is 2.15. The van der Waals surface area contributed by atoms with Gasteiger partial charge in [0.25, 0.3) is 5.91 Å². The predicted octanol–water partition coefficient (Wildman–Crippen LogP) is 0.350. The first kappa shape index (κ1) is 12.6. The third-order valence-electron chi connectivity index (χ3n) is 3.27. The number of aldehydes is 1. The summed E-state index contributed by atoms with van der Waals surface area (Å²) in [6.07, 6.45) is 0.722. The highest BCUT2D eigenvalue weighted by molar-refractivity contribution is 6.00. The molecule has 1 fully saturated rings. The molecule has 0 bridgehead atoms. The molecule has 0 radical (unpaired) electrons. The van der Waals surface area contributed by atoms with E-state index in [0.29, 0.717) is 11.1 Å². The van der Waals surface area contributed by atoms with Gasteiger partial charge in [-0.15, -0.1) is 0 Å². The highest BCUT2D eigenvalue weighted by atomic mass is 16.1. The molecule has 1 saturated heterocycles. The monoisotopic (exact) mass is 247 g/mol.